The van der Waals surface area contributed by atoms with Crippen molar-refractivity contribution in [3.05, 3.63) is 35.0 Å². The van der Waals surface area contributed by atoms with E-state index < -0.39 is 0 Å². The van der Waals surface area contributed by atoms with Crippen LogP contribution in [0.5, 0.6) is 0 Å². The number of hydrogen-bond donors (Lipinski definition) is 2. The van der Waals surface area contributed by atoms with Crippen LogP contribution in [0.1, 0.15) is 60.4 Å². The van der Waals surface area contributed by atoms with E-state index in [1.54, 1.807) is 0 Å². The molecule has 0 aromatic carbocycles. The topological polar surface area (TPSA) is 77.9 Å². The highest BCUT2D eigenvalue weighted by Crippen LogP contribution is 2.48. The minimum atomic E-state index is 0.0620. The number of aromatic nitrogens is 4. The van der Waals surface area contributed by atoms with Gasteiger partial charge in [0.15, 0.2) is 5.82 Å². The van der Waals surface area contributed by atoms with Crippen LogP contribution in [0.25, 0.3) is 0 Å². The lowest BCUT2D eigenvalue weighted by atomic mass is 9.91. The average molecular weight is 339 g/mol. The number of anilines is 1. The molecular weight excluding hydrogens is 314 g/mol. The van der Waals surface area contributed by atoms with E-state index in [1.165, 1.54) is 25.7 Å². The molecule has 2 aromatic heterocycles. The van der Waals surface area contributed by atoms with Crippen LogP contribution in [0, 0.1) is 18.8 Å². The van der Waals surface area contributed by atoms with Gasteiger partial charge in [-0.2, -0.15) is 5.10 Å². The van der Waals surface area contributed by atoms with Crippen molar-refractivity contribution >= 4 is 5.82 Å². The molecule has 0 amide bonds. The molecule has 0 radical (unpaired) electrons. The summed E-state index contributed by atoms with van der Waals surface area (Å²) >= 11 is 0. The second-order valence-corrected chi connectivity index (χ2v) is 8.00. The fourth-order valence-electron chi connectivity index (χ4n) is 4.26. The summed E-state index contributed by atoms with van der Waals surface area (Å²) in [5.41, 5.74) is 1.90. The molecule has 1 saturated heterocycles. The number of rotatable bonds is 5. The highest BCUT2D eigenvalue weighted by Gasteiger charge is 2.45. The Balaban J connectivity index is 1.42. The summed E-state index contributed by atoms with van der Waals surface area (Å²) in [6, 6.07) is 3.98. The normalized spacial score (nSPS) is 26.4. The highest BCUT2D eigenvalue weighted by molar-refractivity contribution is 5.45. The second kappa shape index (κ2) is 5.80. The van der Waals surface area contributed by atoms with E-state index in [1.807, 2.05) is 19.1 Å². The lowest BCUT2D eigenvalue weighted by Crippen LogP contribution is -2.22. The molecule has 132 valence electrons. The Morgan fingerprint density at radius 1 is 1.16 bits per heavy atom. The minimum Gasteiger partial charge on any atom is -0.392 e. The molecule has 6 nitrogen and oxygen atoms in total. The van der Waals surface area contributed by atoms with E-state index >= 15 is 0 Å². The van der Waals surface area contributed by atoms with Crippen molar-refractivity contribution < 1.29 is 5.11 Å². The van der Waals surface area contributed by atoms with Gasteiger partial charge in [0.2, 0.25) is 0 Å². The first-order valence-electron chi connectivity index (χ1n) is 9.47. The molecule has 3 heterocycles. The van der Waals surface area contributed by atoms with E-state index in [0.717, 1.165) is 47.7 Å². The van der Waals surface area contributed by atoms with Crippen LogP contribution in [-0.2, 0) is 6.61 Å². The standard InChI is InChI=1S/C19H25N5O/c1-11-6-12(10-25)7-17(20-11)24-8-15(13-2-3-13)16(9-24)19-21-18(22-23-19)14-4-5-14/h6-7,13-16,25H,2-5,8-10H2,1H3,(H,21,22,23)/t15-,16+/m1/s1. The van der Waals surface area contributed by atoms with Gasteiger partial charge in [-0.15, -0.1) is 0 Å². The molecule has 0 spiro atoms. The molecule has 2 atom stereocenters. The first-order chi connectivity index (χ1) is 12.2. The second-order valence-electron chi connectivity index (χ2n) is 8.00. The largest absolute Gasteiger partial charge is 0.392 e. The van der Waals surface area contributed by atoms with Gasteiger partial charge in [0.05, 0.1) is 6.61 Å². The van der Waals surface area contributed by atoms with Crippen molar-refractivity contribution in [2.75, 3.05) is 18.0 Å². The molecule has 6 heteroatoms. The van der Waals surface area contributed by atoms with E-state index in [-0.39, 0.29) is 6.61 Å². The zero-order valence-electron chi connectivity index (χ0n) is 14.6. The monoisotopic (exact) mass is 339 g/mol. The molecule has 1 aliphatic heterocycles. The number of aromatic amines is 1. The van der Waals surface area contributed by atoms with Crippen LogP contribution in [0.4, 0.5) is 5.82 Å². The molecule has 0 bridgehead atoms. The van der Waals surface area contributed by atoms with Gasteiger partial charge in [0.25, 0.3) is 0 Å². The highest BCUT2D eigenvalue weighted by atomic mass is 16.3. The third kappa shape index (κ3) is 2.92. The Bertz CT molecular complexity index is 780. The molecule has 2 aromatic rings. The molecule has 3 aliphatic rings. The summed E-state index contributed by atoms with van der Waals surface area (Å²) in [5.74, 6) is 5.50. The van der Waals surface area contributed by atoms with E-state index in [9.17, 15) is 5.11 Å². The van der Waals surface area contributed by atoms with Crippen molar-refractivity contribution in [2.24, 2.45) is 11.8 Å². The van der Waals surface area contributed by atoms with Gasteiger partial charge < -0.3 is 10.0 Å². The maximum atomic E-state index is 9.50. The van der Waals surface area contributed by atoms with E-state index in [2.05, 4.69) is 15.1 Å². The summed E-state index contributed by atoms with van der Waals surface area (Å²) in [5, 5.41) is 17.2. The van der Waals surface area contributed by atoms with Gasteiger partial charge in [-0.05, 0) is 62.1 Å². The van der Waals surface area contributed by atoms with Crippen molar-refractivity contribution in [3.63, 3.8) is 0 Å². The molecule has 0 unspecified atom stereocenters. The van der Waals surface area contributed by atoms with Gasteiger partial charge >= 0.3 is 0 Å². The van der Waals surface area contributed by atoms with Gasteiger partial charge in [-0.25, -0.2) is 9.97 Å². The van der Waals surface area contributed by atoms with E-state index in [4.69, 9.17) is 9.97 Å². The van der Waals surface area contributed by atoms with Crippen molar-refractivity contribution in [3.8, 4) is 0 Å². The van der Waals surface area contributed by atoms with Crippen molar-refractivity contribution in [2.45, 2.75) is 51.0 Å². The van der Waals surface area contributed by atoms with Gasteiger partial charge in [-0.3, -0.25) is 5.10 Å². The zero-order valence-corrected chi connectivity index (χ0v) is 14.6. The Hall–Kier alpha value is -1.95. The number of pyridine rings is 1. The zero-order chi connectivity index (χ0) is 17.0. The predicted molar refractivity (Wildman–Crippen MR) is 94.4 cm³/mol. The Morgan fingerprint density at radius 2 is 2.00 bits per heavy atom. The molecular formula is C19H25N5O. The average Bonchev–Trinajstić information content (AvgIpc) is 3.55. The Morgan fingerprint density at radius 3 is 2.72 bits per heavy atom. The molecule has 3 fully saturated rings. The quantitative estimate of drug-likeness (QED) is 0.875. The van der Waals surface area contributed by atoms with Crippen LogP contribution in [0.3, 0.4) is 0 Å². The molecule has 2 N–H and O–H groups in total. The first-order valence-corrected chi connectivity index (χ1v) is 9.47. The molecule has 2 saturated carbocycles. The van der Waals surface area contributed by atoms with Crippen molar-refractivity contribution in [1.29, 1.82) is 0 Å². The number of aryl methyl sites for hydroxylation is 1. The number of aliphatic hydroxyl groups excluding tert-OH is 1. The van der Waals surface area contributed by atoms with E-state index in [0.29, 0.717) is 17.8 Å². The van der Waals surface area contributed by atoms with Crippen LogP contribution in [-0.4, -0.2) is 38.4 Å². The van der Waals surface area contributed by atoms with Gasteiger partial charge in [0.1, 0.15) is 11.6 Å². The first kappa shape index (κ1) is 15.3. The minimum absolute atomic E-state index is 0.0620. The fraction of sp³-hybridized carbons (Fsp3) is 0.632. The summed E-state index contributed by atoms with van der Waals surface area (Å²) in [4.78, 5) is 11.9. The van der Waals surface area contributed by atoms with Gasteiger partial charge in [-0.1, -0.05) is 0 Å². The van der Waals surface area contributed by atoms with Crippen LogP contribution < -0.4 is 4.90 Å². The van der Waals surface area contributed by atoms with Crippen LogP contribution >= 0.6 is 0 Å². The smallest absolute Gasteiger partial charge is 0.153 e. The third-order valence-corrected chi connectivity index (χ3v) is 5.91. The lowest BCUT2D eigenvalue weighted by molar-refractivity contribution is 0.281. The number of hydrogen-bond acceptors (Lipinski definition) is 5. The molecule has 2 aliphatic carbocycles. The predicted octanol–water partition coefficient (Wildman–Crippen LogP) is 2.51. The SMILES string of the molecule is Cc1cc(CO)cc(N2C[C@H](c3nc(C4CC4)n[nH]3)[C@@H](C3CC3)C2)n1. The fourth-order valence-corrected chi connectivity index (χ4v) is 4.26. The summed E-state index contributed by atoms with van der Waals surface area (Å²) < 4.78 is 0. The Labute approximate surface area is 147 Å². The maximum absolute atomic E-state index is 9.50. The molecule has 5 rings (SSSR count). The summed E-state index contributed by atoms with van der Waals surface area (Å²) in [7, 11) is 0. The van der Waals surface area contributed by atoms with Crippen LogP contribution in [0.2, 0.25) is 0 Å². The third-order valence-electron chi connectivity index (χ3n) is 5.91. The number of nitrogens with zero attached hydrogens (tertiary/aromatic N) is 4. The number of H-pyrrole nitrogens is 1. The Kier molecular flexibility index (Phi) is 3.55. The number of nitrogens with one attached hydrogen (secondary N) is 1. The maximum Gasteiger partial charge on any atom is 0.153 e. The van der Waals surface area contributed by atoms with Crippen LogP contribution in [0.15, 0.2) is 12.1 Å². The van der Waals surface area contributed by atoms with Gasteiger partial charge in [0, 0.05) is 30.6 Å². The summed E-state index contributed by atoms with van der Waals surface area (Å²) in [6.07, 6.45) is 5.14. The lowest BCUT2D eigenvalue weighted by Gasteiger charge is -2.18. The number of aliphatic hydroxyl groups is 1. The summed E-state index contributed by atoms with van der Waals surface area (Å²) in [6.45, 7) is 4.01. The van der Waals surface area contributed by atoms with Crippen molar-refractivity contribution in [1.82, 2.24) is 20.2 Å². The molecule has 25 heavy (non-hydrogen) atoms.